The van der Waals surface area contributed by atoms with Crippen LogP contribution >= 0.6 is 0 Å². The van der Waals surface area contributed by atoms with Gasteiger partial charge in [0.05, 0.1) is 6.42 Å². The Morgan fingerprint density at radius 1 is 1.22 bits per heavy atom. The van der Waals surface area contributed by atoms with Gasteiger partial charge in [-0.1, -0.05) is 19.1 Å². The van der Waals surface area contributed by atoms with Gasteiger partial charge in [0.25, 0.3) is 5.91 Å². The van der Waals surface area contributed by atoms with E-state index in [2.05, 4.69) is 10.6 Å². The normalized spacial score (nSPS) is 19.6. The Labute approximate surface area is 157 Å². The number of imide groups is 1. The van der Waals surface area contributed by atoms with E-state index >= 15 is 0 Å². The van der Waals surface area contributed by atoms with E-state index in [1.165, 1.54) is 0 Å². The highest BCUT2D eigenvalue weighted by Crippen LogP contribution is 2.21. The zero-order valence-corrected chi connectivity index (χ0v) is 15.4. The van der Waals surface area contributed by atoms with Crippen LogP contribution in [-0.4, -0.2) is 47.8 Å². The first kappa shape index (κ1) is 18.9. The molecule has 1 aromatic rings. The molecule has 5 amide bonds. The average molecular weight is 372 g/mol. The second-order valence-corrected chi connectivity index (χ2v) is 6.79. The van der Waals surface area contributed by atoms with Crippen LogP contribution in [-0.2, 0) is 20.9 Å². The molecule has 3 rings (SSSR count). The molecule has 2 aliphatic heterocycles. The van der Waals surface area contributed by atoms with Gasteiger partial charge in [-0.05, 0) is 30.5 Å². The van der Waals surface area contributed by atoms with E-state index < -0.39 is 12.1 Å². The molecule has 0 radical (unpaired) electrons. The molecule has 1 unspecified atom stereocenters. The highest BCUT2D eigenvalue weighted by Gasteiger charge is 2.38. The Morgan fingerprint density at radius 3 is 2.59 bits per heavy atom. The Bertz CT molecular complexity index is 747. The van der Waals surface area contributed by atoms with E-state index in [-0.39, 0.29) is 24.1 Å². The Hall–Kier alpha value is -2.90. The Morgan fingerprint density at radius 2 is 1.96 bits per heavy atom. The summed E-state index contributed by atoms with van der Waals surface area (Å²) in [6, 6.07) is 6.24. The number of benzene rings is 1. The predicted octanol–water partition coefficient (Wildman–Crippen LogP) is 1.15. The summed E-state index contributed by atoms with van der Waals surface area (Å²) in [5.74, 6) is -0.515. The van der Waals surface area contributed by atoms with Crippen LogP contribution in [0.25, 0.3) is 0 Å². The summed E-state index contributed by atoms with van der Waals surface area (Å²) in [4.78, 5) is 50.7. The maximum Gasteiger partial charge on any atom is 0.324 e. The molecule has 27 heavy (non-hydrogen) atoms. The van der Waals surface area contributed by atoms with Crippen molar-refractivity contribution in [3.63, 3.8) is 0 Å². The van der Waals surface area contributed by atoms with E-state index in [0.717, 1.165) is 29.1 Å². The minimum atomic E-state index is -0.799. The van der Waals surface area contributed by atoms with Crippen LogP contribution in [0.5, 0.6) is 0 Å². The number of anilines is 1. The zero-order valence-electron chi connectivity index (χ0n) is 15.4. The summed E-state index contributed by atoms with van der Waals surface area (Å²) < 4.78 is 0. The number of hydrogen-bond acceptors (Lipinski definition) is 4. The maximum atomic E-state index is 12.1. The van der Waals surface area contributed by atoms with Crippen molar-refractivity contribution >= 4 is 29.4 Å². The lowest BCUT2D eigenvalue weighted by molar-refractivity contribution is -0.130. The summed E-state index contributed by atoms with van der Waals surface area (Å²) in [6.07, 6.45) is 2.06. The molecule has 2 fully saturated rings. The summed E-state index contributed by atoms with van der Waals surface area (Å²) in [5, 5.41) is 5.31. The van der Waals surface area contributed by atoms with Gasteiger partial charge in [0.1, 0.15) is 6.04 Å². The largest absolute Gasteiger partial charge is 0.352 e. The fraction of sp³-hybridized carbons (Fsp3) is 0.474. The highest BCUT2D eigenvalue weighted by atomic mass is 16.2. The van der Waals surface area contributed by atoms with Crippen molar-refractivity contribution in [1.29, 1.82) is 0 Å². The minimum Gasteiger partial charge on any atom is -0.352 e. The fourth-order valence-electron chi connectivity index (χ4n) is 3.32. The lowest BCUT2D eigenvalue weighted by Crippen LogP contribution is -2.36. The van der Waals surface area contributed by atoms with E-state index in [9.17, 15) is 19.2 Å². The SMILES string of the molecule is CCCN1C(=O)NC(CC(=O)NCc2ccc(N3CCCC3=O)cc2)C1=O. The van der Waals surface area contributed by atoms with Crippen LogP contribution in [0.1, 0.15) is 38.2 Å². The molecule has 0 aliphatic carbocycles. The van der Waals surface area contributed by atoms with Crippen molar-refractivity contribution in [2.45, 2.75) is 45.2 Å². The molecular weight excluding hydrogens is 348 g/mol. The van der Waals surface area contributed by atoms with Crippen LogP contribution in [0.4, 0.5) is 10.5 Å². The third-order valence-electron chi connectivity index (χ3n) is 4.75. The first-order chi connectivity index (χ1) is 13.0. The van der Waals surface area contributed by atoms with Crippen LogP contribution in [0.3, 0.4) is 0 Å². The number of amides is 5. The Balaban J connectivity index is 1.49. The second kappa shape index (κ2) is 8.20. The molecule has 8 nitrogen and oxygen atoms in total. The number of carbonyl (C=O) groups is 4. The molecule has 0 bridgehead atoms. The van der Waals surface area contributed by atoms with Crippen molar-refractivity contribution in [3.05, 3.63) is 29.8 Å². The first-order valence-electron chi connectivity index (χ1n) is 9.27. The molecule has 0 saturated carbocycles. The van der Waals surface area contributed by atoms with Gasteiger partial charge in [-0.25, -0.2) is 4.79 Å². The van der Waals surface area contributed by atoms with E-state index in [1.54, 1.807) is 4.90 Å². The predicted molar refractivity (Wildman–Crippen MR) is 98.8 cm³/mol. The van der Waals surface area contributed by atoms with Crippen LogP contribution in [0, 0.1) is 0 Å². The maximum absolute atomic E-state index is 12.1. The van der Waals surface area contributed by atoms with E-state index in [1.807, 2.05) is 31.2 Å². The van der Waals surface area contributed by atoms with Crippen molar-refractivity contribution in [2.75, 3.05) is 18.0 Å². The van der Waals surface area contributed by atoms with Gasteiger partial charge in [-0.2, -0.15) is 0 Å². The standard InChI is InChI=1S/C19H24N4O4/c1-2-9-23-18(26)15(21-19(23)27)11-16(24)20-12-13-5-7-14(8-6-13)22-10-3-4-17(22)25/h5-8,15H,2-4,9-12H2,1H3,(H,20,24)(H,21,27). The first-order valence-corrected chi connectivity index (χ1v) is 9.27. The van der Waals surface area contributed by atoms with Crippen molar-refractivity contribution in [1.82, 2.24) is 15.5 Å². The average Bonchev–Trinajstić information content (AvgIpc) is 3.19. The van der Waals surface area contributed by atoms with E-state index in [4.69, 9.17) is 0 Å². The van der Waals surface area contributed by atoms with Gasteiger partial charge in [-0.15, -0.1) is 0 Å². The fourth-order valence-corrected chi connectivity index (χ4v) is 3.32. The molecule has 8 heteroatoms. The van der Waals surface area contributed by atoms with Gasteiger partial charge in [0.15, 0.2) is 0 Å². The number of hydrogen-bond donors (Lipinski definition) is 2. The van der Waals surface area contributed by atoms with Gasteiger partial charge in [0, 0.05) is 31.7 Å². The van der Waals surface area contributed by atoms with Crippen LogP contribution in [0.2, 0.25) is 0 Å². The van der Waals surface area contributed by atoms with Crippen molar-refractivity contribution in [2.24, 2.45) is 0 Å². The molecule has 0 spiro atoms. The summed E-state index contributed by atoms with van der Waals surface area (Å²) >= 11 is 0. The van der Waals surface area contributed by atoms with Gasteiger partial charge < -0.3 is 15.5 Å². The molecular formula is C19H24N4O4. The molecule has 0 aromatic heterocycles. The third-order valence-corrected chi connectivity index (χ3v) is 4.75. The number of rotatable bonds is 7. The third kappa shape index (κ3) is 4.27. The lowest BCUT2D eigenvalue weighted by Gasteiger charge is -2.16. The smallest absolute Gasteiger partial charge is 0.324 e. The molecule has 144 valence electrons. The minimum absolute atomic E-state index is 0.0782. The molecule has 2 aliphatic rings. The number of urea groups is 1. The van der Waals surface area contributed by atoms with Crippen molar-refractivity contribution in [3.8, 4) is 0 Å². The van der Waals surface area contributed by atoms with Gasteiger partial charge in [-0.3, -0.25) is 19.3 Å². The number of nitrogens with zero attached hydrogens (tertiary/aromatic N) is 2. The second-order valence-electron chi connectivity index (χ2n) is 6.79. The number of nitrogens with one attached hydrogen (secondary N) is 2. The molecule has 2 heterocycles. The van der Waals surface area contributed by atoms with Gasteiger partial charge in [0.2, 0.25) is 11.8 Å². The topological polar surface area (TPSA) is 98.8 Å². The lowest BCUT2D eigenvalue weighted by atomic mass is 10.1. The molecule has 1 aromatic carbocycles. The van der Waals surface area contributed by atoms with Crippen molar-refractivity contribution < 1.29 is 19.2 Å². The highest BCUT2D eigenvalue weighted by molar-refractivity contribution is 6.05. The quantitative estimate of drug-likeness (QED) is 0.702. The van der Waals surface area contributed by atoms with Crippen LogP contribution < -0.4 is 15.5 Å². The molecule has 2 saturated heterocycles. The Kier molecular flexibility index (Phi) is 5.73. The monoisotopic (exact) mass is 372 g/mol. The summed E-state index contributed by atoms with van der Waals surface area (Å²) in [6.45, 7) is 3.30. The number of carbonyl (C=O) groups excluding carboxylic acids is 4. The summed E-state index contributed by atoms with van der Waals surface area (Å²) in [5.41, 5.74) is 1.76. The van der Waals surface area contributed by atoms with Gasteiger partial charge >= 0.3 is 6.03 Å². The molecule has 1 atom stereocenters. The van der Waals surface area contributed by atoms with Crippen LogP contribution in [0.15, 0.2) is 24.3 Å². The summed E-state index contributed by atoms with van der Waals surface area (Å²) in [7, 11) is 0. The molecule has 2 N–H and O–H groups in total. The van der Waals surface area contributed by atoms with E-state index in [0.29, 0.717) is 25.9 Å². The zero-order chi connectivity index (χ0) is 19.4.